The Hall–Kier alpha value is -2.27. The lowest BCUT2D eigenvalue weighted by molar-refractivity contribution is -0.384. The van der Waals surface area contributed by atoms with Crippen molar-refractivity contribution in [3.63, 3.8) is 0 Å². The highest BCUT2D eigenvalue weighted by molar-refractivity contribution is 5.90. The highest BCUT2D eigenvalue weighted by Crippen LogP contribution is 2.36. The Kier molecular flexibility index (Phi) is 8.96. The molecule has 2 heterocycles. The fourth-order valence-corrected chi connectivity index (χ4v) is 4.68. The van der Waals surface area contributed by atoms with Gasteiger partial charge in [0.1, 0.15) is 49.3 Å². The quantitative estimate of drug-likeness (QED) is 0.167. The van der Waals surface area contributed by atoms with E-state index >= 15 is 0 Å². The van der Waals surface area contributed by atoms with Crippen molar-refractivity contribution in [2.75, 3.05) is 26.9 Å². The van der Waals surface area contributed by atoms with Crippen LogP contribution in [0.15, 0.2) is 42.5 Å². The molecule has 0 spiro atoms. The largest absolute Gasteiger partial charge is 0.467 e. The van der Waals surface area contributed by atoms with Crippen LogP contribution >= 0.6 is 0 Å². The Morgan fingerprint density at radius 2 is 1.66 bits per heavy atom. The Labute approximate surface area is 217 Å². The van der Waals surface area contributed by atoms with Gasteiger partial charge in [-0.2, -0.15) is 0 Å². The number of benzene rings is 2. The molecule has 2 aliphatic rings. The monoisotopic (exact) mass is 540 g/mol. The summed E-state index contributed by atoms with van der Waals surface area (Å²) < 4.78 is 27.1. The molecule has 2 aromatic rings. The van der Waals surface area contributed by atoms with Crippen LogP contribution in [0.25, 0.3) is 10.8 Å². The molecule has 2 fully saturated rings. The first-order valence-electron chi connectivity index (χ1n) is 12.0. The van der Waals surface area contributed by atoms with E-state index in [4.69, 9.17) is 23.7 Å². The zero-order valence-corrected chi connectivity index (χ0v) is 20.4. The second kappa shape index (κ2) is 11.9. The molecule has 7 N–H and O–H groups in total. The van der Waals surface area contributed by atoms with Crippen molar-refractivity contribution in [1.29, 1.82) is 0 Å². The van der Waals surface area contributed by atoms with Crippen LogP contribution in [0.3, 0.4) is 0 Å². The van der Waals surface area contributed by atoms with Crippen molar-refractivity contribution in [2.24, 2.45) is 0 Å². The van der Waals surface area contributed by atoms with Gasteiger partial charge in [0.05, 0.1) is 20.3 Å². The van der Waals surface area contributed by atoms with Crippen LogP contribution in [0.1, 0.15) is 11.7 Å². The number of rotatable bonds is 9. The summed E-state index contributed by atoms with van der Waals surface area (Å²) >= 11 is 0. The molecule has 210 valence electrons. The molecule has 2 aliphatic heterocycles. The third kappa shape index (κ3) is 5.28. The Balaban J connectivity index is 1.54. The summed E-state index contributed by atoms with van der Waals surface area (Å²) in [6.07, 6.45) is -14.6. The van der Waals surface area contributed by atoms with E-state index in [9.17, 15) is 40.5 Å². The van der Waals surface area contributed by atoms with Crippen LogP contribution in [0.5, 0.6) is 0 Å². The van der Waals surface area contributed by atoms with Crippen molar-refractivity contribution >= 4 is 16.7 Å². The topological polar surface area (TPSA) is 205 Å². The number of fused-ring (bicyclic) bond motifs is 1. The summed E-state index contributed by atoms with van der Waals surface area (Å²) in [6.45, 7) is -2.21. The van der Waals surface area contributed by atoms with E-state index in [0.29, 0.717) is 5.56 Å². The first kappa shape index (κ1) is 28.7. The number of aliphatic hydroxyl groups is 7. The maximum Gasteiger partial charge on any atom is 0.339 e. The molecule has 0 radical (unpaired) electrons. The van der Waals surface area contributed by atoms with E-state index in [1.807, 2.05) is 18.2 Å². The SMILES string of the molecule is COC(=O)C(OC[C@H]1O[C@H](O[C@]2(CO)O[C@H](CO)[C@@H](O)[C@@H]2O)[C@H](O)[C@@H](O)[C@@H]1O)c1cccc2ccccc12. The van der Waals surface area contributed by atoms with E-state index in [2.05, 4.69) is 0 Å². The molecule has 13 heteroatoms. The van der Waals surface area contributed by atoms with Crippen LogP contribution in [0.4, 0.5) is 0 Å². The summed E-state index contributed by atoms with van der Waals surface area (Å²) in [5, 5.41) is 72.7. The lowest BCUT2D eigenvalue weighted by atomic mass is 9.98. The van der Waals surface area contributed by atoms with Gasteiger partial charge in [-0.3, -0.25) is 0 Å². The lowest BCUT2D eigenvalue weighted by Gasteiger charge is -2.43. The predicted octanol–water partition coefficient (Wildman–Crippen LogP) is -2.30. The Bertz CT molecular complexity index is 1090. The molecule has 10 atom stereocenters. The minimum absolute atomic E-state index is 0.481. The molecule has 38 heavy (non-hydrogen) atoms. The first-order valence-corrected chi connectivity index (χ1v) is 12.0. The normalized spacial score (nSPS) is 36.3. The average molecular weight is 541 g/mol. The van der Waals surface area contributed by atoms with Crippen molar-refractivity contribution < 1.29 is 64.2 Å². The number of esters is 1. The standard InChI is InChI=1S/C25H32O13/c1-34-23(33)21(14-8-4-6-12-5-2-3-7-13(12)14)35-10-16-17(28)19(30)20(31)24(36-16)38-25(11-27)22(32)18(29)15(9-26)37-25/h2-8,15-22,24,26-32H,9-11H2,1H3/t15-,16-,17-,18-,19+,20-,21?,22+,24-,25+/m1/s1. The molecule has 0 bridgehead atoms. The summed E-state index contributed by atoms with van der Waals surface area (Å²) in [5.74, 6) is -3.05. The number of carbonyl (C=O) groups is 1. The zero-order chi connectivity index (χ0) is 27.6. The maximum atomic E-state index is 12.6. The molecule has 1 unspecified atom stereocenters. The number of carbonyl (C=O) groups excluding carboxylic acids is 1. The van der Waals surface area contributed by atoms with E-state index in [1.54, 1.807) is 24.3 Å². The van der Waals surface area contributed by atoms with E-state index in [1.165, 1.54) is 7.11 Å². The van der Waals surface area contributed by atoms with Gasteiger partial charge in [0.15, 0.2) is 12.4 Å². The van der Waals surface area contributed by atoms with Crippen LogP contribution in [0, 0.1) is 0 Å². The third-order valence-corrected chi connectivity index (χ3v) is 6.84. The predicted molar refractivity (Wildman–Crippen MR) is 126 cm³/mol. The second-order valence-electron chi connectivity index (χ2n) is 9.18. The number of hydrogen-bond donors (Lipinski definition) is 7. The summed E-state index contributed by atoms with van der Waals surface area (Å²) in [7, 11) is 1.19. The molecule has 13 nitrogen and oxygen atoms in total. The Morgan fingerprint density at radius 1 is 0.947 bits per heavy atom. The van der Waals surface area contributed by atoms with Crippen molar-refractivity contribution in [2.45, 2.75) is 60.9 Å². The van der Waals surface area contributed by atoms with Crippen molar-refractivity contribution in [1.82, 2.24) is 0 Å². The van der Waals surface area contributed by atoms with E-state index in [0.717, 1.165) is 10.8 Å². The second-order valence-corrected chi connectivity index (χ2v) is 9.18. The molecular formula is C25H32O13. The van der Waals surface area contributed by atoms with Gasteiger partial charge in [-0.1, -0.05) is 42.5 Å². The molecule has 0 aliphatic carbocycles. The van der Waals surface area contributed by atoms with Crippen LogP contribution < -0.4 is 0 Å². The number of ether oxygens (including phenoxy) is 5. The van der Waals surface area contributed by atoms with Crippen molar-refractivity contribution in [3.8, 4) is 0 Å². The fraction of sp³-hybridized carbons (Fsp3) is 0.560. The molecule has 2 saturated heterocycles. The summed E-state index contributed by atoms with van der Waals surface area (Å²) in [5.41, 5.74) is 0.486. The van der Waals surface area contributed by atoms with Gasteiger partial charge in [0, 0.05) is 0 Å². The third-order valence-electron chi connectivity index (χ3n) is 6.84. The smallest absolute Gasteiger partial charge is 0.339 e. The van der Waals surface area contributed by atoms with Crippen molar-refractivity contribution in [3.05, 3.63) is 48.0 Å². The Morgan fingerprint density at radius 3 is 2.32 bits per heavy atom. The average Bonchev–Trinajstić information content (AvgIpc) is 3.18. The van der Waals surface area contributed by atoms with Gasteiger partial charge in [-0.15, -0.1) is 0 Å². The molecule has 2 aromatic carbocycles. The van der Waals surface area contributed by atoms with Crippen LogP contribution in [-0.2, 0) is 28.5 Å². The first-order chi connectivity index (χ1) is 18.2. The highest BCUT2D eigenvalue weighted by atomic mass is 16.8. The van der Waals surface area contributed by atoms with Crippen LogP contribution in [-0.4, -0.2) is 123 Å². The van der Waals surface area contributed by atoms with E-state index < -0.39 is 86.7 Å². The van der Waals surface area contributed by atoms with Gasteiger partial charge >= 0.3 is 5.97 Å². The molecular weight excluding hydrogens is 508 g/mol. The number of methoxy groups -OCH3 is 1. The zero-order valence-electron chi connectivity index (χ0n) is 20.4. The van der Waals surface area contributed by atoms with Gasteiger partial charge in [-0.05, 0) is 16.3 Å². The van der Waals surface area contributed by atoms with E-state index in [-0.39, 0.29) is 0 Å². The maximum absolute atomic E-state index is 12.6. The molecule has 0 aromatic heterocycles. The molecule has 0 amide bonds. The minimum Gasteiger partial charge on any atom is -0.467 e. The minimum atomic E-state index is -2.32. The molecule has 4 rings (SSSR count). The lowest BCUT2D eigenvalue weighted by Crippen LogP contribution is -2.62. The highest BCUT2D eigenvalue weighted by Gasteiger charge is 2.58. The van der Waals surface area contributed by atoms with Gasteiger partial charge < -0.3 is 59.4 Å². The molecule has 0 saturated carbocycles. The fourth-order valence-electron chi connectivity index (χ4n) is 4.68. The number of hydrogen-bond acceptors (Lipinski definition) is 13. The summed E-state index contributed by atoms with van der Waals surface area (Å²) in [6, 6.07) is 12.6. The van der Waals surface area contributed by atoms with Gasteiger partial charge in [0.25, 0.3) is 0 Å². The van der Waals surface area contributed by atoms with Gasteiger partial charge in [0.2, 0.25) is 5.79 Å². The number of aliphatic hydroxyl groups excluding tert-OH is 7. The van der Waals surface area contributed by atoms with Crippen LogP contribution in [0.2, 0.25) is 0 Å². The van der Waals surface area contributed by atoms with Gasteiger partial charge in [-0.25, -0.2) is 4.79 Å². The summed E-state index contributed by atoms with van der Waals surface area (Å²) in [4.78, 5) is 12.6.